The Bertz CT molecular complexity index is 634. The highest BCUT2D eigenvalue weighted by atomic mass is 19.1. The summed E-state index contributed by atoms with van der Waals surface area (Å²) < 4.78 is 14.1. The molecule has 1 aliphatic heterocycles. The Morgan fingerprint density at radius 2 is 2.14 bits per heavy atom. The topological polar surface area (TPSA) is 127 Å². The summed E-state index contributed by atoms with van der Waals surface area (Å²) in [6, 6.07) is 0.675. The summed E-state index contributed by atoms with van der Waals surface area (Å²) in [7, 11) is 0. The van der Waals surface area contributed by atoms with E-state index in [4.69, 9.17) is 10.8 Å². The Balaban J connectivity index is 2.54. The van der Waals surface area contributed by atoms with Gasteiger partial charge in [-0.05, 0) is 18.9 Å². The molecule has 1 amide bonds. The van der Waals surface area contributed by atoms with Crippen LogP contribution in [0.3, 0.4) is 0 Å². The fourth-order valence-electron chi connectivity index (χ4n) is 2.44. The number of hydrogen-bond donors (Lipinski definition) is 2. The highest BCUT2D eigenvalue weighted by Crippen LogP contribution is 2.32. The van der Waals surface area contributed by atoms with Crippen LogP contribution in [0, 0.1) is 15.9 Å². The van der Waals surface area contributed by atoms with Gasteiger partial charge in [-0.3, -0.25) is 14.9 Å². The van der Waals surface area contributed by atoms with E-state index in [1.165, 1.54) is 4.90 Å². The SMILES string of the molecule is NC(=O)C1CCCN1c1cc(C(=O)O)c([N+](=O)[O-])cc1F. The molecule has 8 nitrogen and oxygen atoms in total. The van der Waals surface area contributed by atoms with Crippen LogP contribution in [0.4, 0.5) is 15.8 Å². The Kier molecular flexibility index (Phi) is 3.74. The van der Waals surface area contributed by atoms with Crippen molar-refractivity contribution in [1.82, 2.24) is 0 Å². The van der Waals surface area contributed by atoms with E-state index in [0.29, 0.717) is 25.5 Å². The maximum Gasteiger partial charge on any atom is 0.342 e. The van der Waals surface area contributed by atoms with Crippen LogP contribution in [0.1, 0.15) is 23.2 Å². The van der Waals surface area contributed by atoms with Gasteiger partial charge in [0.15, 0.2) is 5.82 Å². The molecule has 9 heteroatoms. The molecule has 0 saturated carbocycles. The van der Waals surface area contributed by atoms with E-state index in [0.717, 1.165) is 6.07 Å². The zero-order chi connectivity index (χ0) is 15.7. The van der Waals surface area contributed by atoms with Crippen molar-refractivity contribution < 1.29 is 24.0 Å². The number of carbonyl (C=O) groups is 2. The van der Waals surface area contributed by atoms with Gasteiger partial charge in [0, 0.05) is 6.54 Å². The van der Waals surface area contributed by atoms with E-state index >= 15 is 0 Å². The Morgan fingerprint density at radius 3 is 2.67 bits per heavy atom. The zero-order valence-electron chi connectivity index (χ0n) is 10.8. The second-order valence-electron chi connectivity index (χ2n) is 4.64. The predicted molar refractivity (Wildman–Crippen MR) is 69.6 cm³/mol. The van der Waals surface area contributed by atoms with Crippen molar-refractivity contribution in [1.29, 1.82) is 0 Å². The van der Waals surface area contributed by atoms with Crippen LogP contribution in [-0.4, -0.2) is 34.5 Å². The number of nitro groups is 1. The lowest BCUT2D eigenvalue weighted by molar-refractivity contribution is -0.385. The number of carboxylic acid groups (broad SMARTS) is 1. The van der Waals surface area contributed by atoms with Crippen LogP contribution in [-0.2, 0) is 4.79 Å². The molecule has 112 valence electrons. The van der Waals surface area contributed by atoms with Gasteiger partial charge >= 0.3 is 5.97 Å². The molecule has 1 heterocycles. The molecule has 1 aromatic carbocycles. The number of carbonyl (C=O) groups excluding carboxylic acids is 1. The highest BCUT2D eigenvalue weighted by molar-refractivity contribution is 5.94. The number of aromatic carboxylic acids is 1. The molecule has 1 atom stereocenters. The Morgan fingerprint density at radius 1 is 1.48 bits per heavy atom. The first-order valence-corrected chi connectivity index (χ1v) is 6.10. The molecule has 0 bridgehead atoms. The molecule has 1 aliphatic rings. The summed E-state index contributed by atoms with van der Waals surface area (Å²) in [6.07, 6.45) is 1.01. The summed E-state index contributed by atoms with van der Waals surface area (Å²) >= 11 is 0. The number of amides is 1. The molecule has 3 N–H and O–H groups in total. The predicted octanol–water partition coefficient (Wildman–Crippen LogP) is 0.886. The lowest BCUT2D eigenvalue weighted by atomic mass is 10.1. The van der Waals surface area contributed by atoms with Gasteiger partial charge in [-0.2, -0.15) is 0 Å². The minimum Gasteiger partial charge on any atom is -0.477 e. The average Bonchev–Trinajstić information content (AvgIpc) is 2.86. The van der Waals surface area contributed by atoms with Crippen molar-refractivity contribution in [3.63, 3.8) is 0 Å². The van der Waals surface area contributed by atoms with E-state index in [-0.39, 0.29) is 5.69 Å². The molecule has 0 aliphatic carbocycles. The molecule has 21 heavy (non-hydrogen) atoms. The fourth-order valence-corrected chi connectivity index (χ4v) is 2.44. The van der Waals surface area contributed by atoms with Crippen molar-refractivity contribution >= 4 is 23.3 Å². The number of hydrogen-bond acceptors (Lipinski definition) is 5. The molecule has 0 aromatic heterocycles. The quantitative estimate of drug-likeness (QED) is 0.627. The molecule has 0 radical (unpaired) electrons. The number of benzene rings is 1. The first kappa shape index (κ1) is 14.7. The number of nitrogens with zero attached hydrogens (tertiary/aromatic N) is 2. The molecule has 1 saturated heterocycles. The lowest BCUT2D eigenvalue weighted by Gasteiger charge is -2.25. The second-order valence-corrected chi connectivity index (χ2v) is 4.64. The van der Waals surface area contributed by atoms with Gasteiger partial charge in [0.1, 0.15) is 11.6 Å². The van der Waals surface area contributed by atoms with E-state index in [2.05, 4.69) is 0 Å². The van der Waals surface area contributed by atoms with Crippen LogP contribution in [0.5, 0.6) is 0 Å². The summed E-state index contributed by atoms with van der Waals surface area (Å²) in [6.45, 7) is 0.321. The van der Waals surface area contributed by atoms with Crippen molar-refractivity contribution in [3.05, 3.63) is 33.6 Å². The number of halogens is 1. The third kappa shape index (κ3) is 2.62. The molecule has 0 spiro atoms. The highest BCUT2D eigenvalue weighted by Gasteiger charge is 2.33. The first-order valence-electron chi connectivity index (χ1n) is 6.10. The Hall–Kier alpha value is -2.71. The fraction of sp³-hybridized carbons (Fsp3) is 0.333. The van der Waals surface area contributed by atoms with Gasteiger partial charge in [-0.25, -0.2) is 9.18 Å². The smallest absolute Gasteiger partial charge is 0.342 e. The standard InChI is InChI=1S/C12H12FN3O5/c13-7-5-9(16(20)21)6(12(18)19)4-10(7)15-3-1-2-8(15)11(14)17/h4-5,8H,1-3H2,(H2,14,17)(H,18,19). The van der Waals surface area contributed by atoms with Crippen LogP contribution in [0.15, 0.2) is 12.1 Å². The number of rotatable bonds is 4. The maximum absolute atomic E-state index is 14.1. The summed E-state index contributed by atoms with van der Waals surface area (Å²) in [5.74, 6) is -3.15. The third-order valence-corrected chi connectivity index (χ3v) is 3.38. The molecule has 1 unspecified atom stereocenters. The summed E-state index contributed by atoms with van der Waals surface area (Å²) in [4.78, 5) is 33.6. The second kappa shape index (κ2) is 5.35. The number of nitro benzene ring substituents is 1. The average molecular weight is 297 g/mol. The number of anilines is 1. The molecule has 1 fully saturated rings. The van der Waals surface area contributed by atoms with Crippen LogP contribution in [0.25, 0.3) is 0 Å². The monoisotopic (exact) mass is 297 g/mol. The first-order chi connectivity index (χ1) is 9.82. The molecule has 1 aromatic rings. The van der Waals surface area contributed by atoms with Crippen LogP contribution < -0.4 is 10.6 Å². The molecular weight excluding hydrogens is 285 g/mol. The number of nitrogens with two attached hydrogens (primary N) is 1. The summed E-state index contributed by atoms with van der Waals surface area (Å²) in [5, 5.41) is 19.8. The van der Waals surface area contributed by atoms with Gasteiger partial charge in [0.05, 0.1) is 16.7 Å². The lowest BCUT2D eigenvalue weighted by Crippen LogP contribution is -2.40. The zero-order valence-corrected chi connectivity index (χ0v) is 10.8. The molecular formula is C12H12FN3O5. The van der Waals surface area contributed by atoms with E-state index in [1.807, 2.05) is 0 Å². The van der Waals surface area contributed by atoms with Gasteiger partial charge < -0.3 is 15.7 Å². The normalized spacial score (nSPS) is 17.8. The Labute approximate surface area is 118 Å². The number of primary amides is 1. The van der Waals surface area contributed by atoms with E-state index < -0.39 is 39.9 Å². The van der Waals surface area contributed by atoms with Gasteiger partial charge in [0.25, 0.3) is 5.69 Å². The van der Waals surface area contributed by atoms with Gasteiger partial charge in [-0.15, -0.1) is 0 Å². The number of carboxylic acids is 1. The minimum atomic E-state index is -1.54. The van der Waals surface area contributed by atoms with Crippen LogP contribution >= 0.6 is 0 Å². The van der Waals surface area contributed by atoms with Gasteiger partial charge in [0.2, 0.25) is 5.91 Å². The van der Waals surface area contributed by atoms with E-state index in [1.54, 1.807) is 0 Å². The van der Waals surface area contributed by atoms with Gasteiger partial charge in [-0.1, -0.05) is 0 Å². The summed E-state index contributed by atoms with van der Waals surface area (Å²) in [5.41, 5.74) is 3.59. The minimum absolute atomic E-state index is 0.167. The largest absolute Gasteiger partial charge is 0.477 e. The third-order valence-electron chi connectivity index (χ3n) is 3.38. The van der Waals surface area contributed by atoms with Crippen molar-refractivity contribution in [3.8, 4) is 0 Å². The maximum atomic E-state index is 14.1. The van der Waals surface area contributed by atoms with Crippen molar-refractivity contribution in [2.24, 2.45) is 5.73 Å². The van der Waals surface area contributed by atoms with Crippen LogP contribution in [0.2, 0.25) is 0 Å². The van der Waals surface area contributed by atoms with Crippen molar-refractivity contribution in [2.75, 3.05) is 11.4 Å². The van der Waals surface area contributed by atoms with Crippen molar-refractivity contribution in [2.45, 2.75) is 18.9 Å². The molecule has 2 rings (SSSR count). The van der Waals surface area contributed by atoms with E-state index in [9.17, 15) is 24.1 Å².